The molecule has 0 bridgehead atoms. The predicted octanol–water partition coefficient (Wildman–Crippen LogP) is 5.65. The van der Waals surface area contributed by atoms with Crippen LogP contribution in [0.2, 0.25) is 0 Å². The Morgan fingerprint density at radius 1 is 1.10 bits per heavy atom. The highest BCUT2D eigenvalue weighted by molar-refractivity contribution is 8.22. The van der Waals surface area contributed by atoms with Gasteiger partial charge in [0.25, 0.3) is 5.91 Å². The molecular formula is C28H32N4O4S3. The number of nitrogens with one attached hydrogen (secondary N) is 1. The molecule has 1 aliphatic heterocycles. The zero-order valence-electron chi connectivity index (χ0n) is 21.7. The number of rotatable bonds is 10. The minimum Gasteiger partial charge on any atom is -0.374 e. The maximum atomic E-state index is 12.4. The average molecular weight is 585 g/mol. The van der Waals surface area contributed by atoms with Gasteiger partial charge in [-0.05, 0) is 72.7 Å². The summed E-state index contributed by atoms with van der Waals surface area (Å²) in [6.07, 6.45) is 7.51. The van der Waals surface area contributed by atoms with Gasteiger partial charge in [-0.3, -0.25) is 9.48 Å². The molecule has 8 nitrogen and oxygen atoms in total. The molecule has 2 heterocycles. The molecule has 0 unspecified atom stereocenters. The first-order chi connectivity index (χ1) is 18.7. The summed E-state index contributed by atoms with van der Waals surface area (Å²) in [5, 5.41) is 12.3. The van der Waals surface area contributed by atoms with E-state index in [2.05, 4.69) is 28.3 Å². The highest BCUT2D eigenvalue weighted by atomic mass is 32.2. The second-order valence-electron chi connectivity index (χ2n) is 10.0. The smallest absolute Gasteiger partial charge is 0.254 e. The third-order valence-corrected chi connectivity index (χ3v) is 10.8. The standard InChI is InChI=1S/C28H32N4O4S3/c1-39(34,35)23-9-7-21(8-10-23)30-27-24(26(29)33)18-32(31-27)28(17-25-37-15-16-38-25)13-11-22(12-14-28)36-19-20-5-3-2-4-6-20/h2-10,15-16,18,22,25H,11-14,17,19H2,1H3,(H2,29,33)(H,30,31). The van der Waals surface area contributed by atoms with Gasteiger partial charge in [-0.25, -0.2) is 8.42 Å². The first-order valence-corrected chi connectivity index (χ1v) is 16.6. The van der Waals surface area contributed by atoms with E-state index in [-0.39, 0.29) is 16.5 Å². The van der Waals surface area contributed by atoms with Gasteiger partial charge in [0, 0.05) is 18.1 Å². The molecule has 0 saturated heterocycles. The van der Waals surface area contributed by atoms with Crippen molar-refractivity contribution in [2.45, 2.75) is 59.8 Å². The summed E-state index contributed by atoms with van der Waals surface area (Å²) in [7, 11) is -3.31. The van der Waals surface area contributed by atoms with Gasteiger partial charge in [0.05, 0.1) is 27.7 Å². The predicted molar refractivity (Wildman–Crippen MR) is 158 cm³/mol. The van der Waals surface area contributed by atoms with E-state index in [9.17, 15) is 13.2 Å². The largest absolute Gasteiger partial charge is 0.374 e. The molecule has 1 fully saturated rings. The Morgan fingerprint density at radius 2 is 1.77 bits per heavy atom. The lowest BCUT2D eigenvalue weighted by Crippen LogP contribution is -2.41. The van der Waals surface area contributed by atoms with E-state index in [0.29, 0.717) is 28.3 Å². The normalized spacial score (nSPS) is 21.7. The van der Waals surface area contributed by atoms with Crippen LogP contribution in [-0.2, 0) is 26.7 Å². The average Bonchev–Trinajstić information content (AvgIpc) is 3.59. The summed E-state index contributed by atoms with van der Waals surface area (Å²) in [5.41, 5.74) is 7.57. The topological polar surface area (TPSA) is 116 Å². The Morgan fingerprint density at radius 3 is 2.38 bits per heavy atom. The third kappa shape index (κ3) is 6.71. The number of hydrogen-bond acceptors (Lipinski definition) is 8. The molecule has 1 saturated carbocycles. The van der Waals surface area contributed by atoms with Gasteiger partial charge in [0.15, 0.2) is 15.7 Å². The van der Waals surface area contributed by atoms with Crippen LogP contribution in [0.1, 0.15) is 48.0 Å². The van der Waals surface area contributed by atoms with Crippen molar-refractivity contribution in [2.75, 3.05) is 11.6 Å². The summed E-state index contributed by atoms with van der Waals surface area (Å²) in [4.78, 5) is 12.6. The fraction of sp³-hybridized carbons (Fsp3) is 0.357. The molecule has 206 valence electrons. The number of nitrogens with zero attached hydrogens (tertiary/aromatic N) is 2. The highest BCUT2D eigenvalue weighted by Gasteiger charge is 2.41. The number of sulfone groups is 1. The zero-order chi connectivity index (χ0) is 27.5. The molecule has 0 spiro atoms. The maximum absolute atomic E-state index is 12.4. The number of amides is 1. The lowest BCUT2D eigenvalue weighted by Gasteiger charge is -2.41. The Hall–Kier alpha value is -2.73. The molecule has 3 N–H and O–H groups in total. The lowest BCUT2D eigenvalue weighted by atomic mass is 9.78. The van der Waals surface area contributed by atoms with Gasteiger partial charge in [0.2, 0.25) is 0 Å². The second kappa shape index (κ2) is 11.8. The minimum absolute atomic E-state index is 0.164. The molecule has 11 heteroatoms. The number of nitrogens with two attached hydrogens (primary N) is 1. The van der Waals surface area contributed by atoms with E-state index in [1.165, 1.54) is 18.4 Å². The molecule has 0 radical (unpaired) electrons. The van der Waals surface area contributed by atoms with Gasteiger partial charge >= 0.3 is 0 Å². The quantitative estimate of drug-likeness (QED) is 0.314. The van der Waals surface area contributed by atoms with E-state index in [1.54, 1.807) is 18.3 Å². The molecule has 3 aromatic rings. The number of anilines is 2. The zero-order valence-corrected chi connectivity index (χ0v) is 24.1. The van der Waals surface area contributed by atoms with Crippen molar-refractivity contribution >= 4 is 50.8 Å². The molecule has 2 aromatic carbocycles. The Kier molecular flexibility index (Phi) is 8.41. The molecular weight excluding hydrogens is 553 g/mol. The number of thioether (sulfide) groups is 2. The van der Waals surface area contributed by atoms with Crippen LogP contribution in [0.5, 0.6) is 0 Å². The molecule has 1 aromatic heterocycles. The van der Waals surface area contributed by atoms with E-state index in [4.69, 9.17) is 15.6 Å². The van der Waals surface area contributed by atoms with Crippen LogP contribution in [0.15, 0.2) is 76.5 Å². The highest BCUT2D eigenvalue weighted by Crippen LogP contribution is 2.47. The van der Waals surface area contributed by atoms with Crippen LogP contribution in [-0.4, -0.2) is 41.0 Å². The third-order valence-electron chi connectivity index (χ3n) is 7.27. The SMILES string of the molecule is CS(=O)(=O)c1ccc(Nc2nn(C3(CC4SC=CS4)CCC(OCc4ccccc4)CC3)cc2C(N)=O)cc1. The van der Waals surface area contributed by atoms with E-state index >= 15 is 0 Å². The number of hydrogen-bond donors (Lipinski definition) is 2. The molecule has 5 rings (SSSR count). The van der Waals surface area contributed by atoms with Crippen molar-refractivity contribution in [2.24, 2.45) is 5.73 Å². The van der Waals surface area contributed by atoms with E-state index < -0.39 is 15.7 Å². The summed E-state index contributed by atoms with van der Waals surface area (Å²) < 4.78 is 32.2. The molecule has 2 aliphatic rings. The van der Waals surface area contributed by atoms with Crippen molar-refractivity contribution in [1.29, 1.82) is 0 Å². The van der Waals surface area contributed by atoms with Crippen LogP contribution in [0.4, 0.5) is 11.5 Å². The summed E-state index contributed by atoms with van der Waals surface area (Å²) in [6.45, 7) is 0.594. The second-order valence-corrected chi connectivity index (χ2v) is 14.6. The number of ether oxygens (including phenoxy) is 1. The van der Waals surface area contributed by atoms with Crippen molar-refractivity contribution < 1.29 is 17.9 Å². The van der Waals surface area contributed by atoms with Crippen LogP contribution < -0.4 is 11.1 Å². The Balaban J connectivity index is 1.37. The first-order valence-electron chi connectivity index (χ1n) is 12.8. The van der Waals surface area contributed by atoms with Gasteiger partial charge in [0.1, 0.15) is 5.56 Å². The summed E-state index contributed by atoms with van der Waals surface area (Å²) in [5.74, 6) is -0.209. The van der Waals surface area contributed by atoms with Gasteiger partial charge < -0.3 is 15.8 Å². The fourth-order valence-corrected chi connectivity index (χ4v) is 8.05. The van der Waals surface area contributed by atoms with Crippen molar-refractivity contribution in [3.63, 3.8) is 0 Å². The van der Waals surface area contributed by atoms with Crippen LogP contribution in [0.3, 0.4) is 0 Å². The van der Waals surface area contributed by atoms with Gasteiger partial charge in [-0.1, -0.05) is 30.3 Å². The molecule has 0 atom stereocenters. The van der Waals surface area contributed by atoms with Gasteiger partial charge in [-0.15, -0.1) is 23.5 Å². The van der Waals surface area contributed by atoms with Crippen LogP contribution in [0.25, 0.3) is 0 Å². The Bertz CT molecular complexity index is 1420. The van der Waals surface area contributed by atoms with Crippen LogP contribution >= 0.6 is 23.5 Å². The van der Waals surface area contributed by atoms with E-state index in [0.717, 1.165) is 37.7 Å². The summed E-state index contributed by atoms with van der Waals surface area (Å²) >= 11 is 3.63. The van der Waals surface area contributed by atoms with Crippen molar-refractivity contribution in [3.05, 3.63) is 82.7 Å². The Labute approximate surface area is 237 Å². The number of aromatic nitrogens is 2. The summed E-state index contributed by atoms with van der Waals surface area (Å²) in [6, 6.07) is 16.6. The number of primary amides is 1. The van der Waals surface area contributed by atoms with Crippen LogP contribution in [0, 0.1) is 0 Å². The molecule has 39 heavy (non-hydrogen) atoms. The maximum Gasteiger partial charge on any atom is 0.254 e. The van der Waals surface area contributed by atoms with Crippen molar-refractivity contribution in [3.8, 4) is 0 Å². The minimum atomic E-state index is -3.31. The molecule has 1 aliphatic carbocycles. The fourth-order valence-electron chi connectivity index (χ4n) is 5.10. The monoisotopic (exact) mass is 584 g/mol. The number of carbonyl (C=O) groups excluding carboxylic acids is 1. The number of carbonyl (C=O) groups is 1. The van der Waals surface area contributed by atoms with E-state index in [1.807, 2.05) is 46.4 Å². The number of benzene rings is 2. The lowest BCUT2D eigenvalue weighted by molar-refractivity contribution is -0.0135. The van der Waals surface area contributed by atoms with Gasteiger partial charge in [-0.2, -0.15) is 5.10 Å². The molecule has 1 amide bonds. The first kappa shape index (κ1) is 27.8. The van der Waals surface area contributed by atoms with Crippen molar-refractivity contribution in [1.82, 2.24) is 9.78 Å².